The van der Waals surface area contributed by atoms with Crippen LogP contribution in [-0.4, -0.2) is 45.9 Å². The van der Waals surface area contributed by atoms with Crippen LogP contribution in [0.3, 0.4) is 0 Å². The average Bonchev–Trinajstić information content (AvgIpc) is 2.87. The second-order valence-corrected chi connectivity index (χ2v) is 5.70. The molecular formula is C14H24N2O3. The van der Waals surface area contributed by atoms with Crippen molar-refractivity contribution < 1.29 is 14.6 Å². The molecule has 1 aromatic rings. The number of nitrogens with zero attached hydrogens (tertiary/aromatic N) is 2. The van der Waals surface area contributed by atoms with Gasteiger partial charge in [0.05, 0.1) is 18.4 Å². The Hall–Kier alpha value is -0.910. The summed E-state index contributed by atoms with van der Waals surface area (Å²) in [7, 11) is 0. The summed E-state index contributed by atoms with van der Waals surface area (Å²) in [4.78, 5) is 6.80. The summed E-state index contributed by atoms with van der Waals surface area (Å²) < 4.78 is 5.43. The maximum atomic E-state index is 9.63. The Morgan fingerprint density at radius 2 is 2.11 bits per heavy atom. The predicted molar refractivity (Wildman–Crippen MR) is 71.7 cm³/mol. The van der Waals surface area contributed by atoms with E-state index in [0.717, 1.165) is 44.1 Å². The van der Waals surface area contributed by atoms with Gasteiger partial charge in [0.1, 0.15) is 6.26 Å². The molecule has 0 bridgehead atoms. The highest BCUT2D eigenvalue weighted by molar-refractivity contribution is 4.99. The molecule has 0 amide bonds. The van der Waals surface area contributed by atoms with E-state index in [0.29, 0.717) is 5.92 Å². The van der Waals surface area contributed by atoms with Crippen molar-refractivity contribution in [3.8, 4) is 0 Å². The van der Waals surface area contributed by atoms with E-state index in [1.165, 1.54) is 0 Å². The van der Waals surface area contributed by atoms with Crippen LogP contribution in [0.15, 0.2) is 10.7 Å². The highest BCUT2D eigenvalue weighted by atomic mass is 16.3. The van der Waals surface area contributed by atoms with Crippen molar-refractivity contribution in [3.63, 3.8) is 0 Å². The van der Waals surface area contributed by atoms with Crippen LogP contribution in [0.2, 0.25) is 0 Å². The van der Waals surface area contributed by atoms with E-state index >= 15 is 0 Å². The molecule has 1 saturated heterocycles. The molecule has 0 aliphatic carbocycles. The number of hydrogen-bond donors (Lipinski definition) is 2. The van der Waals surface area contributed by atoms with Crippen molar-refractivity contribution in [1.29, 1.82) is 0 Å². The maximum absolute atomic E-state index is 9.63. The topological polar surface area (TPSA) is 69.7 Å². The normalized spacial score (nSPS) is 20.1. The molecule has 0 saturated carbocycles. The molecule has 0 radical (unpaired) electrons. The second-order valence-electron chi connectivity index (χ2n) is 5.70. The van der Waals surface area contributed by atoms with Gasteiger partial charge in [-0.1, -0.05) is 13.8 Å². The zero-order valence-corrected chi connectivity index (χ0v) is 11.7. The van der Waals surface area contributed by atoms with Gasteiger partial charge >= 0.3 is 0 Å². The fourth-order valence-corrected chi connectivity index (χ4v) is 2.53. The van der Waals surface area contributed by atoms with Crippen LogP contribution in [0, 0.1) is 5.92 Å². The largest absolute Gasteiger partial charge is 0.448 e. The first-order valence-electron chi connectivity index (χ1n) is 7.05. The third kappa shape index (κ3) is 3.78. The molecule has 2 N–H and O–H groups in total. The van der Waals surface area contributed by atoms with Gasteiger partial charge in [0, 0.05) is 12.5 Å². The van der Waals surface area contributed by atoms with E-state index < -0.39 is 6.10 Å². The zero-order valence-electron chi connectivity index (χ0n) is 11.7. The van der Waals surface area contributed by atoms with Gasteiger partial charge in [0.15, 0.2) is 5.89 Å². The summed E-state index contributed by atoms with van der Waals surface area (Å²) in [5.41, 5.74) is 0.977. The summed E-state index contributed by atoms with van der Waals surface area (Å²) in [6.45, 7) is 6.68. The van der Waals surface area contributed by atoms with Gasteiger partial charge in [-0.2, -0.15) is 0 Å². The van der Waals surface area contributed by atoms with E-state index in [-0.39, 0.29) is 12.5 Å². The highest BCUT2D eigenvalue weighted by Gasteiger charge is 2.25. The first kappa shape index (κ1) is 14.5. The third-order valence-corrected chi connectivity index (χ3v) is 3.81. The standard InChI is InChI=1S/C14H24N2O3/c1-10(2)14-15-12(9-19-14)7-16-5-3-11(4-6-16)13(18)8-17/h9-11,13,17-18H,3-8H2,1-2H3. The van der Waals surface area contributed by atoms with E-state index in [1.54, 1.807) is 6.26 Å². The van der Waals surface area contributed by atoms with Crippen molar-refractivity contribution in [2.24, 2.45) is 5.92 Å². The van der Waals surface area contributed by atoms with Crippen LogP contribution in [0.1, 0.15) is 44.2 Å². The number of piperidine rings is 1. The second kappa shape index (κ2) is 6.50. The molecule has 19 heavy (non-hydrogen) atoms. The lowest BCUT2D eigenvalue weighted by molar-refractivity contribution is 0.0170. The number of aliphatic hydroxyl groups is 2. The number of aliphatic hydroxyl groups excluding tert-OH is 2. The molecule has 1 unspecified atom stereocenters. The lowest BCUT2D eigenvalue weighted by Gasteiger charge is -2.33. The number of oxazole rings is 1. The Labute approximate surface area is 114 Å². The van der Waals surface area contributed by atoms with Crippen LogP contribution >= 0.6 is 0 Å². The van der Waals surface area contributed by atoms with Gasteiger partial charge in [-0.25, -0.2) is 4.98 Å². The monoisotopic (exact) mass is 268 g/mol. The fourth-order valence-electron chi connectivity index (χ4n) is 2.53. The zero-order chi connectivity index (χ0) is 13.8. The summed E-state index contributed by atoms with van der Waals surface area (Å²) in [5, 5.41) is 18.6. The third-order valence-electron chi connectivity index (χ3n) is 3.81. The van der Waals surface area contributed by atoms with Gasteiger partial charge < -0.3 is 14.6 Å². The molecule has 5 heteroatoms. The van der Waals surface area contributed by atoms with Gasteiger partial charge in [-0.3, -0.25) is 4.90 Å². The molecule has 108 valence electrons. The molecule has 0 spiro atoms. The number of hydrogen-bond acceptors (Lipinski definition) is 5. The molecule has 1 fully saturated rings. The van der Waals surface area contributed by atoms with Crippen LogP contribution < -0.4 is 0 Å². The predicted octanol–water partition coefficient (Wildman–Crippen LogP) is 1.36. The summed E-state index contributed by atoms with van der Waals surface area (Å²) in [6, 6.07) is 0. The number of likely N-dealkylation sites (tertiary alicyclic amines) is 1. The highest BCUT2D eigenvalue weighted by Crippen LogP contribution is 2.22. The Morgan fingerprint density at radius 3 is 2.63 bits per heavy atom. The molecule has 5 nitrogen and oxygen atoms in total. The van der Waals surface area contributed by atoms with Crippen molar-refractivity contribution >= 4 is 0 Å². The summed E-state index contributed by atoms with van der Waals surface area (Å²) in [6.07, 6.45) is 3.03. The summed E-state index contributed by atoms with van der Waals surface area (Å²) >= 11 is 0. The first-order chi connectivity index (χ1) is 9.10. The number of rotatable bonds is 5. The van der Waals surface area contributed by atoms with Crippen LogP contribution in [0.25, 0.3) is 0 Å². The fraction of sp³-hybridized carbons (Fsp3) is 0.786. The Bertz CT molecular complexity index is 384. The minimum atomic E-state index is -0.568. The summed E-state index contributed by atoms with van der Waals surface area (Å²) in [5.74, 6) is 1.34. The Kier molecular flexibility index (Phi) is 4.96. The molecule has 2 heterocycles. The van der Waals surface area contributed by atoms with E-state index in [1.807, 2.05) is 0 Å². The number of aromatic nitrogens is 1. The lowest BCUT2D eigenvalue weighted by Crippen LogP contribution is -2.38. The average molecular weight is 268 g/mol. The van der Waals surface area contributed by atoms with Crippen LogP contribution in [0.4, 0.5) is 0 Å². The minimum absolute atomic E-state index is 0.133. The van der Waals surface area contributed by atoms with Crippen molar-refractivity contribution in [3.05, 3.63) is 17.8 Å². The molecule has 1 aliphatic rings. The molecular weight excluding hydrogens is 244 g/mol. The Morgan fingerprint density at radius 1 is 1.42 bits per heavy atom. The smallest absolute Gasteiger partial charge is 0.196 e. The quantitative estimate of drug-likeness (QED) is 0.844. The van der Waals surface area contributed by atoms with Crippen molar-refractivity contribution in [2.45, 2.75) is 45.3 Å². The van der Waals surface area contributed by atoms with Gasteiger partial charge in [-0.15, -0.1) is 0 Å². The Balaban J connectivity index is 1.81. The molecule has 1 atom stereocenters. The van der Waals surface area contributed by atoms with E-state index in [9.17, 15) is 5.11 Å². The maximum Gasteiger partial charge on any atom is 0.196 e. The lowest BCUT2D eigenvalue weighted by atomic mass is 9.91. The van der Waals surface area contributed by atoms with Gasteiger partial charge in [0.25, 0.3) is 0 Å². The minimum Gasteiger partial charge on any atom is -0.448 e. The van der Waals surface area contributed by atoms with Gasteiger partial charge in [-0.05, 0) is 31.8 Å². The molecule has 1 aromatic heterocycles. The molecule has 0 aromatic carbocycles. The SMILES string of the molecule is CC(C)c1nc(CN2CCC(C(O)CO)CC2)co1. The molecule has 1 aliphatic heterocycles. The van der Waals surface area contributed by atoms with E-state index in [2.05, 4.69) is 23.7 Å². The molecule has 2 rings (SSSR count). The van der Waals surface area contributed by atoms with Crippen LogP contribution in [-0.2, 0) is 6.54 Å². The van der Waals surface area contributed by atoms with Gasteiger partial charge in [0.2, 0.25) is 0 Å². The van der Waals surface area contributed by atoms with Crippen molar-refractivity contribution in [1.82, 2.24) is 9.88 Å². The first-order valence-corrected chi connectivity index (χ1v) is 7.05. The van der Waals surface area contributed by atoms with Crippen LogP contribution in [0.5, 0.6) is 0 Å². The van der Waals surface area contributed by atoms with Crippen molar-refractivity contribution in [2.75, 3.05) is 19.7 Å². The van der Waals surface area contributed by atoms with E-state index in [4.69, 9.17) is 9.52 Å².